The fraction of sp³-hybridized carbons (Fsp3) is 0.450. The largest absolute Gasteiger partial charge is 0.504 e. The van der Waals surface area contributed by atoms with Crippen LogP contribution in [0.15, 0.2) is 30.0 Å². The number of aliphatic carboxylic acids is 1. The molecule has 5 N–H and O–H groups in total. The first-order valence-electron chi connectivity index (χ1n) is 9.33. The highest BCUT2D eigenvalue weighted by atomic mass is 16.7. The Hall–Kier alpha value is -2.59. The van der Waals surface area contributed by atoms with Gasteiger partial charge in [0, 0.05) is 11.6 Å². The van der Waals surface area contributed by atoms with E-state index in [0.717, 1.165) is 42.4 Å². The summed E-state index contributed by atoms with van der Waals surface area (Å²) in [6.07, 6.45) is -5.06. The van der Waals surface area contributed by atoms with Crippen LogP contribution in [0.25, 0.3) is 5.57 Å². The van der Waals surface area contributed by atoms with Crippen molar-refractivity contribution in [3.05, 3.63) is 35.6 Å². The van der Waals surface area contributed by atoms with Gasteiger partial charge in [0.05, 0.1) is 0 Å². The molecule has 1 aliphatic carbocycles. The lowest BCUT2D eigenvalue weighted by atomic mass is 9.84. The van der Waals surface area contributed by atoms with Crippen molar-refractivity contribution in [3.8, 4) is 17.2 Å². The van der Waals surface area contributed by atoms with E-state index in [1.807, 2.05) is 0 Å². The van der Waals surface area contributed by atoms with E-state index in [9.17, 15) is 25.2 Å². The molecule has 156 valence electrons. The molecule has 2 unspecified atom stereocenters. The van der Waals surface area contributed by atoms with Crippen LogP contribution in [-0.2, 0) is 9.53 Å². The number of aliphatic hydroxyl groups is 3. The summed E-state index contributed by atoms with van der Waals surface area (Å²) >= 11 is 0. The maximum absolute atomic E-state index is 11.2. The zero-order valence-corrected chi connectivity index (χ0v) is 15.4. The number of rotatable bonds is 3. The van der Waals surface area contributed by atoms with Crippen LogP contribution in [0, 0.1) is 0 Å². The van der Waals surface area contributed by atoms with E-state index in [-0.39, 0.29) is 11.5 Å². The van der Waals surface area contributed by atoms with Crippen molar-refractivity contribution in [1.82, 2.24) is 0 Å². The van der Waals surface area contributed by atoms with E-state index in [1.165, 1.54) is 12.1 Å². The van der Waals surface area contributed by atoms with E-state index in [4.69, 9.17) is 19.3 Å². The molecule has 9 heteroatoms. The molecule has 29 heavy (non-hydrogen) atoms. The average Bonchev–Trinajstić information content (AvgIpc) is 2.69. The molecule has 4 rings (SSSR count). The molecule has 3 aliphatic rings. The average molecular weight is 406 g/mol. The minimum absolute atomic E-state index is 0.131. The van der Waals surface area contributed by atoms with E-state index in [1.54, 1.807) is 0 Å². The van der Waals surface area contributed by atoms with Gasteiger partial charge in [-0.3, -0.25) is 0 Å². The quantitative estimate of drug-likeness (QED) is 0.494. The highest BCUT2D eigenvalue weighted by Gasteiger charge is 2.48. The number of ether oxygens (including phenoxy) is 3. The van der Waals surface area contributed by atoms with Crippen LogP contribution in [0.3, 0.4) is 0 Å². The molecule has 0 spiro atoms. The molecule has 2 heterocycles. The number of fused-ring (bicyclic) bond motifs is 2. The summed E-state index contributed by atoms with van der Waals surface area (Å²) in [6.45, 7) is 3.95. The number of hydrogen-bond donors (Lipinski definition) is 5. The third kappa shape index (κ3) is 3.36. The highest BCUT2D eigenvalue weighted by molar-refractivity contribution is 5.80. The number of carboxylic acid groups (broad SMARTS) is 1. The third-order valence-electron chi connectivity index (χ3n) is 5.48. The van der Waals surface area contributed by atoms with Crippen LogP contribution in [-0.4, -0.2) is 62.2 Å². The molecule has 2 aliphatic heterocycles. The standard InChI is InChI=1S/C20H22O9/c1-8-9-4-2-3-5-10(9)11-6-12(21)14(7-13(11)27-8)28-20-17(24)15(22)16(23)18(29-20)19(25)26/h6-7,15-18,20-24H,1-5H2,(H,25,26)/t15-,16+,17?,18?,20-/m1/s1. The molecule has 1 saturated heterocycles. The molecular formula is C20H22O9. The lowest BCUT2D eigenvalue weighted by Gasteiger charge is -2.38. The smallest absolute Gasteiger partial charge is 0.335 e. The van der Waals surface area contributed by atoms with Crippen molar-refractivity contribution >= 4 is 11.5 Å². The summed E-state index contributed by atoms with van der Waals surface area (Å²) in [5.41, 5.74) is 2.81. The van der Waals surface area contributed by atoms with Crippen molar-refractivity contribution in [2.45, 2.75) is 56.4 Å². The normalized spacial score (nSPS) is 31.6. The van der Waals surface area contributed by atoms with Gasteiger partial charge in [-0.25, -0.2) is 4.79 Å². The van der Waals surface area contributed by atoms with Gasteiger partial charge in [-0.1, -0.05) is 6.58 Å². The molecule has 9 nitrogen and oxygen atoms in total. The Kier molecular flexibility index (Phi) is 4.99. The Morgan fingerprint density at radius 1 is 1.07 bits per heavy atom. The zero-order valence-electron chi connectivity index (χ0n) is 15.4. The second kappa shape index (κ2) is 7.34. The summed E-state index contributed by atoms with van der Waals surface area (Å²) in [7, 11) is 0. The van der Waals surface area contributed by atoms with Gasteiger partial charge in [0.2, 0.25) is 6.29 Å². The number of benzene rings is 1. The van der Waals surface area contributed by atoms with Gasteiger partial charge >= 0.3 is 5.97 Å². The molecule has 1 fully saturated rings. The second-order valence-electron chi connectivity index (χ2n) is 7.36. The fourth-order valence-electron chi connectivity index (χ4n) is 3.94. The molecule has 0 amide bonds. The van der Waals surface area contributed by atoms with Gasteiger partial charge in [-0.2, -0.15) is 0 Å². The number of aromatic hydroxyl groups is 1. The van der Waals surface area contributed by atoms with Crippen LogP contribution in [0.1, 0.15) is 31.2 Å². The Morgan fingerprint density at radius 2 is 1.76 bits per heavy atom. The molecular weight excluding hydrogens is 384 g/mol. The SMILES string of the molecule is C=C1Oc2cc(O[C@@H]3OC(C(=O)O)[C@@H](O)[C@@H](O)C3O)c(O)cc2C2=C1CCCC2. The van der Waals surface area contributed by atoms with Crippen LogP contribution < -0.4 is 9.47 Å². The fourth-order valence-corrected chi connectivity index (χ4v) is 3.94. The van der Waals surface area contributed by atoms with Crippen molar-refractivity contribution in [2.75, 3.05) is 0 Å². The minimum Gasteiger partial charge on any atom is -0.504 e. The third-order valence-corrected chi connectivity index (χ3v) is 5.48. The van der Waals surface area contributed by atoms with E-state index >= 15 is 0 Å². The van der Waals surface area contributed by atoms with Gasteiger partial charge < -0.3 is 39.7 Å². The maximum atomic E-state index is 11.2. The molecule has 5 atom stereocenters. The number of phenolic OH excluding ortho intramolecular Hbond substituents is 1. The predicted octanol–water partition coefficient (Wildman–Crippen LogP) is 0.897. The van der Waals surface area contributed by atoms with Crippen molar-refractivity contribution in [1.29, 1.82) is 0 Å². The molecule has 0 bridgehead atoms. The first kappa shape index (κ1) is 19.7. The van der Waals surface area contributed by atoms with Crippen molar-refractivity contribution < 1.29 is 44.5 Å². The zero-order chi connectivity index (χ0) is 20.9. The Labute approximate surface area is 166 Å². The Morgan fingerprint density at radius 3 is 2.45 bits per heavy atom. The lowest BCUT2D eigenvalue weighted by molar-refractivity contribution is -0.271. The van der Waals surface area contributed by atoms with E-state index in [0.29, 0.717) is 11.5 Å². The van der Waals surface area contributed by atoms with Gasteiger partial charge in [0.25, 0.3) is 0 Å². The van der Waals surface area contributed by atoms with Gasteiger partial charge in [-0.05, 0) is 42.9 Å². The summed E-state index contributed by atoms with van der Waals surface area (Å²) in [5.74, 6) is -0.983. The minimum atomic E-state index is -1.83. The number of allylic oxidation sites excluding steroid dienone is 2. The summed E-state index contributed by atoms with van der Waals surface area (Å²) < 4.78 is 16.3. The maximum Gasteiger partial charge on any atom is 0.335 e. The van der Waals surface area contributed by atoms with Gasteiger partial charge in [0.1, 0.15) is 29.8 Å². The topological polar surface area (TPSA) is 146 Å². The van der Waals surface area contributed by atoms with Crippen LogP contribution in [0.4, 0.5) is 0 Å². The van der Waals surface area contributed by atoms with Crippen LogP contribution >= 0.6 is 0 Å². The first-order valence-corrected chi connectivity index (χ1v) is 9.33. The molecule has 0 saturated carbocycles. The summed E-state index contributed by atoms with van der Waals surface area (Å²) in [4.78, 5) is 11.2. The van der Waals surface area contributed by atoms with Crippen molar-refractivity contribution in [3.63, 3.8) is 0 Å². The van der Waals surface area contributed by atoms with Gasteiger partial charge in [-0.15, -0.1) is 0 Å². The second-order valence-corrected chi connectivity index (χ2v) is 7.36. The highest BCUT2D eigenvalue weighted by Crippen LogP contribution is 2.48. The number of carboxylic acids is 1. The molecule has 1 aromatic rings. The van der Waals surface area contributed by atoms with Gasteiger partial charge in [0.15, 0.2) is 17.6 Å². The number of aliphatic hydroxyl groups excluding tert-OH is 3. The summed E-state index contributed by atoms with van der Waals surface area (Å²) in [6, 6.07) is 2.88. The molecule has 0 radical (unpaired) electrons. The van der Waals surface area contributed by atoms with E-state index in [2.05, 4.69) is 6.58 Å². The molecule has 1 aromatic carbocycles. The first-order chi connectivity index (χ1) is 13.8. The van der Waals surface area contributed by atoms with Crippen molar-refractivity contribution in [2.24, 2.45) is 0 Å². The number of phenols is 1. The summed E-state index contributed by atoms with van der Waals surface area (Å²) in [5, 5.41) is 49.3. The molecule has 0 aromatic heterocycles. The Bertz CT molecular complexity index is 890. The lowest BCUT2D eigenvalue weighted by Crippen LogP contribution is -2.61. The van der Waals surface area contributed by atoms with Crippen LogP contribution in [0.2, 0.25) is 0 Å². The Balaban J connectivity index is 1.64. The predicted molar refractivity (Wildman–Crippen MR) is 98.2 cm³/mol. The number of hydrogen-bond acceptors (Lipinski definition) is 8. The van der Waals surface area contributed by atoms with Crippen LogP contribution in [0.5, 0.6) is 17.2 Å². The monoisotopic (exact) mass is 406 g/mol. The van der Waals surface area contributed by atoms with E-state index < -0.39 is 36.7 Å². The number of carbonyl (C=O) groups is 1.